The van der Waals surface area contributed by atoms with Gasteiger partial charge in [0, 0.05) is 16.2 Å². The van der Waals surface area contributed by atoms with Crippen LogP contribution in [0.4, 0.5) is 0 Å². The van der Waals surface area contributed by atoms with E-state index in [-0.39, 0.29) is 5.57 Å². The number of para-hydroxylation sites is 1. The van der Waals surface area contributed by atoms with E-state index >= 15 is 0 Å². The van der Waals surface area contributed by atoms with Gasteiger partial charge < -0.3 is 4.57 Å². The molecule has 1 heterocycles. The molecule has 0 saturated carbocycles. The van der Waals surface area contributed by atoms with Crippen molar-refractivity contribution in [3.63, 3.8) is 0 Å². The molecule has 0 unspecified atom stereocenters. The van der Waals surface area contributed by atoms with Crippen LogP contribution in [0, 0.1) is 22.7 Å². The van der Waals surface area contributed by atoms with Gasteiger partial charge in [0.1, 0.15) is 17.7 Å². The minimum Gasteiger partial charge on any atom is -0.309 e. The minimum atomic E-state index is 0.0959. The molecule has 3 heteroatoms. The Kier molecular flexibility index (Phi) is 4.22. The molecule has 3 nitrogen and oxygen atoms in total. The summed E-state index contributed by atoms with van der Waals surface area (Å²) in [6, 6.07) is 37.7. The molecule has 1 aromatic heterocycles. The summed E-state index contributed by atoms with van der Waals surface area (Å²) in [5.41, 5.74) is 4.28. The Hall–Kier alpha value is -4.86. The van der Waals surface area contributed by atoms with Crippen LogP contribution in [0.3, 0.4) is 0 Å². The molecule has 0 radical (unpaired) electrons. The normalized spacial score (nSPS) is 11.0. The molecule has 0 aliphatic rings. The van der Waals surface area contributed by atoms with Crippen LogP contribution in [-0.2, 0) is 0 Å². The van der Waals surface area contributed by atoms with Gasteiger partial charge in [-0.3, -0.25) is 0 Å². The van der Waals surface area contributed by atoms with Crippen LogP contribution >= 0.6 is 0 Å². The van der Waals surface area contributed by atoms with Crippen LogP contribution < -0.4 is 0 Å². The molecule has 0 N–H and O–H groups in total. The Morgan fingerprint density at radius 1 is 0.606 bits per heavy atom. The lowest BCUT2D eigenvalue weighted by atomic mass is 10.00. The number of hydrogen-bond acceptors (Lipinski definition) is 2. The van der Waals surface area contributed by atoms with Crippen molar-refractivity contribution < 1.29 is 0 Å². The smallest absolute Gasteiger partial charge is 0.130 e. The molecule has 33 heavy (non-hydrogen) atoms. The van der Waals surface area contributed by atoms with Crippen LogP contribution in [-0.4, -0.2) is 4.57 Å². The van der Waals surface area contributed by atoms with E-state index in [1.54, 1.807) is 6.08 Å². The van der Waals surface area contributed by atoms with Gasteiger partial charge in [-0.15, -0.1) is 0 Å². The van der Waals surface area contributed by atoms with Crippen molar-refractivity contribution in [2.24, 2.45) is 0 Å². The Labute approximate surface area is 190 Å². The molecular formula is C30H17N3. The number of nitrogens with zero attached hydrogens (tertiary/aromatic N) is 3. The van der Waals surface area contributed by atoms with Crippen molar-refractivity contribution in [2.75, 3.05) is 0 Å². The third kappa shape index (κ3) is 2.88. The molecule has 0 amide bonds. The van der Waals surface area contributed by atoms with E-state index in [1.807, 2.05) is 24.3 Å². The van der Waals surface area contributed by atoms with Gasteiger partial charge in [0.05, 0.1) is 16.7 Å². The molecule has 6 rings (SSSR count). The second-order valence-electron chi connectivity index (χ2n) is 8.07. The fourth-order valence-electron chi connectivity index (χ4n) is 4.82. The zero-order valence-corrected chi connectivity index (χ0v) is 17.7. The first-order chi connectivity index (χ1) is 16.3. The summed E-state index contributed by atoms with van der Waals surface area (Å²) < 4.78 is 2.32. The first-order valence-electron chi connectivity index (χ1n) is 10.7. The highest BCUT2D eigenvalue weighted by Crippen LogP contribution is 2.37. The van der Waals surface area contributed by atoms with Gasteiger partial charge in [-0.1, -0.05) is 72.8 Å². The van der Waals surface area contributed by atoms with E-state index in [1.165, 1.54) is 21.5 Å². The summed E-state index contributed by atoms with van der Waals surface area (Å²) in [4.78, 5) is 0. The fourth-order valence-corrected chi connectivity index (χ4v) is 4.82. The van der Waals surface area contributed by atoms with Gasteiger partial charge in [-0.2, -0.15) is 10.5 Å². The van der Waals surface area contributed by atoms with E-state index in [0.717, 1.165) is 33.1 Å². The van der Waals surface area contributed by atoms with Gasteiger partial charge >= 0.3 is 0 Å². The van der Waals surface area contributed by atoms with Crippen molar-refractivity contribution >= 4 is 49.4 Å². The van der Waals surface area contributed by atoms with Crippen LogP contribution in [0.15, 0.2) is 103 Å². The largest absolute Gasteiger partial charge is 0.309 e. The van der Waals surface area contributed by atoms with E-state index in [9.17, 15) is 0 Å². The summed E-state index contributed by atoms with van der Waals surface area (Å²) in [6.07, 6.45) is 1.64. The van der Waals surface area contributed by atoms with Crippen molar-refractivity contribution in [1.82, 2.24) is 4.57 Å². The van der Waals surface area contributed by atoms with Crippen molar-refractivity contribution in [3.05, 3.63) is 108 Å². The number of benzene rings is 5. The number of rotatable bonds is 2. The number of aromatic nitrogens is 1. The van der Waals surface area contributed by atoms with E-state index in [2.05, 4.69) is 89.5 Å². The van der Waals surface area contributed by atoms with Crippen LogP contribution in [0.5, 0.6) is 0 Å². The Morgan fingerprint density at radius 2 is 1.24 bits per heavy atom. The Bertz CT molecular complexity index is 1820. The number of nitriles is 2. The Morgan fingerprint density at radius 3 is 2.03 bits per heavy atom. The fraction of sp³-hybridized carbons (Fsp3) is 0. The van der Waals surface area contributed by atoms with E-state index in [0.29, 0.717) is 0 Å². The average Bonchev–Trinajstić information content (AvgIpc) is 3.20. The topological polar surface area (TPSA) is 52.5 Å². The molecule has 0 spiro atoms. The van der Waals surface area contributed by atoms with Crippen LogP contribution in [0.1, 0.15) is 5.56 Å². The van der Waals surface area contributed by atoms with Gasteiger partial charge in [0.2, 0.25) is 0 Å². The number of allylic oxidation sites excluding steroid dienone is 1. The molecular weight excluding hydrogens is 402 g/mol. The van der Waals surface area contributed by atoms with Crippen molar-refractivity contribution in [2.45, 2.75) is 0 Å². The Balaban J connectivity index is 1.75. The molecule has 6 aromatic rings. The summed E-state index contributed by atoms with van der Waals surface area (Å²) in [7, 11) is 0. The molecule has 0 fully saturated rings. The lowest BCUT2D eigenvalue weighted by Gasteiger charge is -2.14. The van der Waals surface area contributed by atoms with Crippen molar-refractivity contribution in [1.29, 1.82) is 10.5 Å². The van der Waals surface area contributed by atoms with Gasteiger partial charge in [-0.05, 0) is 52.1 Å². The zero-order valence-electron chi connectivity index (χ0n) is 17.7. The monoisotopic (exact) mass is 419 g/mol. The SMILES string of the molecule is N#CC(C#N)=Cc1ccc2c(c1)c1ccccc1n2-c1cc2ccccc2c2ccccc12. The zero-order chi connectivity index (χ0) is 22.4. The highest BCUT2D eigenvalue weighted by atomic mass is 15.0. The molecule has 0 aliphatic carbocycles. The average molecular weight is 419 g/mol. The summed E-state index contributed by atoms with van der Waals surface area (Å²) in [5.74, 6) is 0. The van der Waals surface area contributed by atoms with Crippen molar-refractivity contribution in [3.8, 4) is 17.8 Å². The van der Waals surface area contributed by atoms with E-state index < -0.39 is 0 Å². The lowest BCUT2D eigenvalue weighted by molar-refractivity contribution is 1.20. The maximum absolute atomic E-state index is 9.17. The predicted molar refractivity (Wildman–Crippen MR) is 135 cm³/mol. The highest BCUT2D eigenvalue weighted by Gasteiger charge is 2.15. The quantitative estimate of drug-likeness (QED) is 0.215. The first kappa shape index (κ1) is 18.9. The van der Waals surface area contributed by atoms with Gasteiger partial charge in [-0.25, -0.2) is 0 Å². The summed E-state index contributed by atoms with van der Waals surface area (Å²) in [5, 5.41) is 25.4. The molecule has 152 valence electrons. The lowest BCUT2D eigenvalue weighted by Crippen LogP contribution is -1.96. The predicted octanol–water partition coefficient (Wildman–Crippen LogP) is 7.52. The van der Waals surface area contributed by atoms with Gasteiger partial charge in [0.15, 0.2) is 0 Å². The third-order valence-corrected chi connectivity index (χ3v) is 6.24. The molecule has 0 atom stereocenters. The molecule has 0 saturated heterocycles. The van der Waals surface area contributed by atoms with Gasteiger partial charge in [0.25, 0.3) is 0 Å². The van der Waals surface area contributed by atoms with E-state index in [4.69, 9.17) is 10.5 Å². The maximum atomic E-state index is 9.17. The minimum absolute atomic E-state index is 0.0959. The second-order valence-corrected chi connectivity index (χ2v) is 8.07. The molecule has 0 bridgehead atoms. The van der Waals surface area contributed by atoms with Crippen LogP contribution in [0.25, 0.3) is 55.1 Å². The summed E-state index contributed by atoms with van der Waals surface area (Å²) in [6.45, 7) is 0. The number of hydrogen-bond donors (Lipinski definition) is 0. The number of fused-ring (bicyclic) bond motifs is 6. The second kappa shape index (κ2) is 7.38. The first-order valence-corrected chi connectivity index (χ1v) is 10.7. The standard InChI is InChI=1S/C30H17N3/c31-18-21(19-32)15-20-13-14-29-27(16-20)26-11-5-6-12-28(26)33(29)30-17-22-7-1-2-8-23(22)24-9-3-4-10-25(24)30/h1-17H. The third-order valence-electron chi connectivity index (χ3n) is 6.24. The molecule has 0 aliphatic heterocycles. The van der Waals surface area contributed by atoms with Crippen LogP contribution in [0.2, 0.25) is 0 Å². The molecule has 5 aromatic carbocycles. The highest BCUT2D eigenvalue weighted by molar-refractivity contribution is 6.15. The summed E-state index contributed by atoms with van der Waals surface area (Å²) >= 11 is 0. The maximum Gasteiger partial charge on any atom is 0.130 e.